The molecule has 3 aromatic rings. The summed E-state index contributed by atoms with van der Waals surface area (Å²) in [6.07, 6.45) is 2.40. The predicted molar refractivity (Wildman–Crippen MR) is 120 cm³/mol. The van der Waals surface area contributed by atoms with E-state index in [1.807, 2.05) is 23.6 Å². The predicted octanol–water partition coefficient (Wildman–Crippen LogP) is 4.76. The number of halogens is 2. The average Bonchev–Trinajstić information content (AvgIpc) is 3.49. The standard InChI is InChI=1S/C22H22ClFN2O4S2/c23-20-13-19(5-6-21(20)24)32(28,29)26-9-7-16(8-10-26)22(27)25(14-17-3-1-11-30-17)15-18-4-2-12-31-18/h1-6,11-13,16H,7-10,14-15H2. The van der Waals surface area contributed by atoms with Crippen molar-refractivity contribution >= 4 is 38.9 Å². The summed E-state index contributed by atoms with van der Waals surface area (Å²) in [5.74, 6) is -0.273. The van der Waals surface area contributed by atoms with Crippen LogP contribution in [0.15, 0.2) is 63.4 Å². The smallest absolute Gasteiger partial charge is 0.243 e. The Bertz CT molecular complexity index is 1120. The van der Waals surface area contributed by atoms with Crippen LogP contribution in [0.4, 0.5) is 4.39 Å². The van der Waals surface area contributed by atoms with Gasteiger partial charge in [-0.1, -0.05) is 17.7 Å². The largest absolute Gasteiger partial charge is 0.467 e. The first-order valence-corrected chi connectivity index (χ1v) is 12.8. The minimum atomic E-state index is -3.81. The van der Waals surface area contributed by atoms with Crippen molar-refractivity contribution in [3.8, 4) is 0 Å². The van der Waals surface area contributed by atoms with Gasteiger partial charge in [0.2, 0.25) is 15.9 Å². The Kier molecular flexibility index (Phi) is 6.99. The van der Waals surface area contributed by atoms with E-state index in [4.69, 9.17) is 16.0 Å². The van der Waals surface area contributed by atoms with Gasteiger partial charge in [-0.15, -0.1) is 11.3 Å². The van der Waals surface area contributed by atoms with Gasteiger partial charge in [0.1, 0.15) is 11.6 Å². The number of benzene rings is 1. The molecule has 10 heteroatoms. The van der Waals surface area contributed by atoms with Crippen molar-refractivity contribution in [3.63, 3.8) is 0 Å². The molecule has 0 atom stereocenters. The van der Waals surface area contributed by atoms with Gasteiger partial charge in [0, 0.05) is 23.9 Å². The molecule has 0 radical (unpaired) electrons. The van der Waals surface area contributed by atoms with E-state index >= 15 is 0 Å². The van der Waals surface area contributed by atoms with E-state index in [0.29, 0.717) is 31.7 Å². The maximum atomic E-state index is 13.4. The molecular weight excluding hydrogens is 475 g/mol. The minimum absolute atomic E-state index is 0.0170. The Morgan fingerprint density at radius 3 is 2.59 bits per heavy atom. The van der Waals surface area contributed by atoms with Crippen molar-refractivity contribution in [2.75, 3.05) is 13.1 Å². The zero-order valence-corrected chi connectivity index (χ0v) is 19.5. The second-order valence-electron chi connectivity index (χ2n) is 7.61. The highest BCUT2D eigenvalue weighted by molar-refractivity contribution is 7.89. The Morgan fingerprint density at radius 2 is 1.97 bits per heavy atom. The number of amides is 1. The third kappa shape index (κ3) is 5.06. The summed E-state index contributed by atoms with van der Waals surface area (Å²) in [5, 5.41) is 1.73. The molecule has 0 spiro atoms. The summed E-state index contributed by atoms with van der Waals surface area (Å²) in [5.41, 5.74) is 0. The molecule has 0 bridgehead atoms. The number of carbonyl (C=O) groups excluding carboxylic acids is 1. The number of nitrogens with zero attached hydrogens (tertiary/aromatic N) is 2. The molecular formula is C22H22ClFN2O4S2. The molecule has 0 N–H and O–H groups in total. The van der Waals surface area contributed by atoms with E-state index in [2.05, 4.69) is 0 Å². The zero-order chi connectivity index (χ0) is 22.7. The van der Waals surface area contributed by atoms with Gasteiger partial charge >= 0.3 is 0 Å². The number of piperidine rings is 1. The first-order chi connectivity index (χ1) is 15.3. The molecule has 1 saturated heterocycles. The zero-order valence-electron chi connectivity index (χ0n) is 17.1. The highest BCUT2D eigenvalue weighted by Crippen LogP contribution is 2.28. The number of rotatable bonds is 7. The minimum Gasteiger partial charge on any atom is -0.467 e. The van der Waals surface area contributed by atoms with Gasteiger partial charge in [0.15, 0.2) is 0 Å². The van der Waals surface area contributed by atoms with Crippen LogP contribution in [0.3, 0.4) is 0 Å². The van der Waals surface area contributed by atoms with Gasteiger partial charge in [-0.3, -0.25) is 4.79 Å². The van der Waals surface area contributed by atoms with Crippen LogP contribution in [0.2, 0.25) is 5.02 Å². The van der Waals surface area contributed by atoms with Crippen molar-refractivity contribution in [2.45, 2.75) is 30.8 Å². The first-order valence-electron chi connectivity index (χ1n) is 10.1. The molecule has 4 rings (SSSR count). The lowest BCUT2D eigenvalue weighted by atomic mass is 9.96. The maximum Gasteiger partial charge on any atom is 0.243 e. The lowest BCUT2D eigenvalue weighted by Gasteiger charge is -2.33. The molecule has 1 fully saturated rings. The van der Waals surface area contributed by atoms with E-state index in [1.165, 1.54) is 10.4 Å². The second kappa shape index (κ2) is 9.74. The molecule has 1 amide bonds. The quantitative estimate of drug-likeness (QED) is 0.472. The Hall–Kier alpha value is -2.20. The van der Waals surface area contributed by atoms with Crippen LogP contribution in [0.5, 0.6) is 0 Å². The van der Waals surface area contributed by atoms with Crippen LogP contribution in [0.1, 0.15) is 23.5 Å². The SMILES string of the molecule is O=C(C1CCN(S(=O)(=O)c2ccc(F)c(Cl)c2)CC1)N(Cc1ccco1)Cc1cccs1. The summed E-state index contributed by atoms with van der Waals surface area (Å²) in [6.45, 7) is 1.25. The first kappa shape index (κ1) is 23.0. The molecule has 32 heavy (non-hydrogen) atoms. The summed E-state index contributed by atoms with van der Waals surface area (Å²) in [4.78, 5) is 16.1. The van der Waals surface area contributed by atoms with E-state index < -0.39 is 15.8 Å². The third-order valence-electron chi connectivity index (χ3n) is 5.50. The Balaban J connectivity index is 1.44. The van der Waals surface area contributed by atoms with Crippen molar-refractivity contribution in [3.05, 3.63) is 75.6 Å². The van der Waals surface area contributed by atoms with Gasteiger partial charge in [0.05, 0.1) is 29.3 Å². The fraction of sp³-hybridized carbons (Fsp3) is 0.318. The highest BCUT2D eigenvalue weighted by Gasteiger charge is 2.34. The topological polar surface area (TPSA) is 70.8 Å². The van der Waals surface area contributed by atoms with E-state index in [-0.39, 0.29) is 34.8 Å². The van der Waals surface area contributed by atoms with E-state index in [9.17, 15) is 17.6 Å². The summed E-state index contributed by atoms with van der Waals surface area (Å²) in [7, 11) is -3.81. The van der Waals surface area contributed by atoms with Crippen molar-refractivity contribution < 1.29 is 22.0 Å². The fourth-order valence-corrected chi connectivity index (χ4v) is 6.24. The number of hydrogen-bond donors (Lipinski definition) is 0. The number of carbonyl (C=O) groups is 1. The van der Waals surface area contributed by atoms with Crippen molar-refractivity contribution in [2.24, 2.45) is 5.92 Å². The normalized spacial score (nSPS) is 15.7. The van der Waals surface area contributed by atoms with Crippen LogP contribution < -0.4 is 0 Å². The van der Waals surface area contributed by atoms with E-state index in [1.54, 1.807) is 28.6 Å². The molecule has 170 valence electrons. The van der Waals surface area contributed by atoms with Crippen molar-refractivity contribution in [1.29, 1.82) is 0 Å². The molecule has 3 heterocycles. The molecule has 0 saturated carbocycles. The van der Waals surface area contributed by atoms with Crippen LogP contribution >= 0.6 is 22.9 Å². The van der Waals surface area contributed by atoms with Gasteiger partial charge in [-0.2, -0.15) is 4.31 Å². The molecule has 0 aliphatic carbocycles. The van der Waals surface area contributed by atoms with Crippen LogP contribution in [0, 0.1) is 11.7 Å². The summed E-state index contributed by atoms with van der Waals surface area (Å²) >= 11 is 7.34. The highest BCUT2D eigenvalue weighted by atomic mass is 35.5. The number of thiophene rings is 1. The number of sulfonamides is 1. The van der Waals surface area contributed by atoms with Gasteiger partial charge in [0.25, 0.3) is 0 Å². The summed E-state index contributed by atoms with van der Waals surface area (Å²) in [6, 6.07) is 10.9. The van der Waals surface area contributed by atoms with Gasteiger partial charge in [-0.25, -0.2) is 12.8 Å². The monoisotopic (exact) mass is 496 g/mol. The van der Waals surface area contributed by atoms with Crippen LogP contribution in [-0.2, 0) is 27.9 Å². The third-order valence-corrected chi connectivity index (χ3v) is 8.54. The van der Waals surface area contributed by atoms with Crippen LogP contribution in [-0.4, -0.2) is 36.6 Å². The number of furan rings is 1. The molecule has 6 nitrogen and oxygen atoms in total. The molecule has 1 aliphatic heterocycles. The Morgan fingerprint density at radius 1 is 1.19 bits per heavy atom. The molecule has 1 aliphatic rings. The Labute approximate surface area is 195 Å². The number of hydrogen-bond acceptors (Lipinski definition) is 5. The maximum absolute atomic E-state index is 13.4. The lowest BCUT2D eigenvalue weighted by molar-refractivity contribution is -0.138. The van der Waals surface area contributed by atoms with Crippen LogP contribution in [0.25, 0.3) is 0 Å². The molecule has 0 unspecified atom stereocenters. The van der Waals surface area contributed by atoms with Crippen molar-refractivity contribution in [1.82, 2.24) is 9.21 Å². The average molecular weight is 497 g/mol. The summed E-state index contributed by atoms with van der Waals surface area (Å²) < 4.78 is 46.0. The molecule has 1 aromatic carbocycles. The lowest BCUT2D eigenvalue weighted by Crippen LogP contribution is -2.44. The molecule has 2 aromatic heterocycles. The van der Waals surface area contributed by atoms with Gasteiger partial charge < -0.3 is 9.32 Å². The second-order valence-corrected chi connectivity index (χ2v) is 11.0. The van der Waals surface area contributed by atoms with E-state index in [0.717, 1.165) is 17.0 Å². The van der Waals surface area contributed by atoms with Gasteiger partial charge in [-0.05, 0) is 54.6 Å². The fourth-order valence-electron chi connectivity index (χ4n) is 3.78.